The summed E-state index contributed by atoms with van der Waals surface area (Å²) in [6, 6.07) is 10.2. The molecule has 7 heteroatoms. The summed E-state index contributed by atoms with van der Waals surface area (Å²) in [6.45, 7) is 2.39. The van der Waals surface area contributed by atoms with Crippen molar-refractivity contribution in [1.29, 1.82) is 0 Å². The molecule has 1 aromatic rings. The zero-order chi connectivity index (χ0) is 16.9. The van der Waals surface area contributed by atoms with Gasteiger partial charge in [-0.2, -0.15) is 4.31 Å². The molecule has 23 heavy (non-hydrogen) atoms. The number of likely N-dealkylation sites (N-methyl/N-ethyl adjacent to an activating group) is 1. The van der Waals surface area contributed by atoms with Gasteiger partial charge in [0.05, 0.1) is 18.8 Å². The number of likely N-dealkylation sites (tertiary alicyclic amines) is 1. The first-order valence-electron chi connectivity index (χ1n) is 7.85. The first-order chi connectivity index (χ1) is 10.9. The number of benzene rings is 1. The Balaban J connectivity index is 1.97. The summed E-state index contributed by atoms with van der Waals surface area (Å²) in [7, 11) is -1.94. The number of carbonyl (C=O) groups excluding carboxylic acids is 1. The predicted molar refractivity (Wildman–Crippen MR) is 90.5 cm³/mol. The van der Waals surface area contributed by atoms with E-state index in [4.69, 9.17) is 0 Å². The molecule has 1 N–H and O–H groups in total. The second-order valence-corrected chi connectivity index (χ2v) is 8.08. The van der Waals surface area contributed by atoms with Gasteiger partial charge in [-0.3, -0.25) is 9.69 Å². The highest BCUT2D eigenvalue weighted by Gasteiger charge is 2.24. The van der Waals surface area contributed by atoms with Crippen LogP contribution in [0.15, 0.2) is 30.3 Å². The number of sulfonamides is 1. The molecule has 0 aromatic heterocycles. The quantitative estimate of drug-likeness (QED) is 0.799. The fourth-order valence-electron chi connectivity index (χ4n) is 2.77. The molecule has 1 aromatic carbocycles. The van der Waals surface area contributed by atoms with Crippen LogP contribution in [0.25, 0.3) is 0 Å². The van der Waals surface area contributed by atoms with E-state index in [2.05, 4.69) is 22.3 Å². The fourth-order valence-corrected chi connectivity index (χ4v) is 3.12. The second kappa shape index (κ2) is 7.90. The summed E-state index contributed by atoms with van der Waals surface area (Å²) >= 11 is 0. The summed E-state index contributed by atoms with van der Waals surface area (Å²) in [5, 5.41) is 2.87. The van der Waals surface area contributed by atoms with Crippen molar-refractivity contribution in [2.45, 2.75) is 18.9 Å². The SMILES string of the molecule is CN(CC(=O)NC[C@H](c1ccccc1)N1CCCC1)S(C)(=O)=O. The van der Waals surface area contributed by atoms with Crippen LogP contribution in [-0.4, -0.2) is 63.0 Å². The number of rotatable bonds is 7. The Morgan fingerprint density at radius 1 is 1.26 bits per heavy atom. The molecular weight excluding hydrogens is 314 g/mol. The van der Waals surface area contributed by atoms with Crippen LogP contribution in [-0.2, 0) is 14.8 Å². The summed E-state index contributed by atoms with van der Waals surface area (Å²) in [5.74, 6) is -0.280. The first kappa shape index (κ1) is 17.9. The maximum atomic E-state index is 12.0. The van der Waals surface area contributed by atoms with Crippen LogP contribution in [0.4, 0.5) is 0 Å². The topological polar surface area (TPSA) is 69.7 Å². The van der Waals surface area contributed by atoms with Crippen LogP contribution in [0.5, 0.6) is 0 Å². The van der Waals surface area contributed by atoms with Crippen molar-refractivity contribution in [3.05, 3.63) is 35.9 Å². The molecule has 1 saturated heterocycles. The van der Waals surface area contributed by atoms with Gasteiger partial charge in [-0.1, -0.05) is 30.3 Å². The minimum Gasteiger partial charge on any atom is -0.353 e. The number of hydrogen-bond donors (Lipinski definition) is 1. The van der Waals surface area contributed by atoms with Crippen LogP contribution >= 0.6 is 0 Å². The summed E-state index contributed by atoms with van der Waals surface area (Å²) < 4.78 is 23.8. The molecule has 1 aliphatic heterocycles. The Morgan fingerprint density at radius 3 is 2.43 bits per heavy atom. The maximum absolute atomic E-state index is 12.0. The number of amides is 1. The molecule has 1 heterocycles. The zero-order valence-corrected chi connectivity index (χ0v) is 14.6. The van der Waals surface area contributed by atoms with Crippen LogP contribution in [0.2, 0.25) is 0 Å². The van der Waals surface area contributed by atoms with Gasteiger partial charge in [0, 0.05) is 13.6 Å². The molecule has 2 rings (SSSR count). The van der Waals surface area contributed by atoms with Crippen molar-refractivity contribution in [1.82, 2.24) is 14.5 Å². The van der Waals surface area contributed by atoms with Gasteiger partial charge < -0.3 is 5.32 Å². The lowest BCUT2D eigenvalue weighted by molar-refractivity contribution is -0.121. The highest BCUT2D eigenvalue weighted by molar-refractivity contribution is 7.88. The second-order valence-electron chi connectivity index (χ2n) is 5.99. The van der Waals surface area contributed by atoms with E-state index in [0.29, 0.717) is 6.54 Å². The van der Waals surface area contributed by atoms with Crippen molar-refractivity contribution in [3.8, 4) is 0 Å². The van der Waals surface area contributed by atoms with E-state index in [9.17, 15) is 13.2 Å². The highest BCUT2D eigenvalue weighted by atomic mass is 32.2. The third-order valence-electron chi connectivity index (χ3n) is 4.19. The first-order valence-corrected chi connectivity index (χ1v) is 9.70. The van der Waals surface area contributed by atoms with Crippen molar-refractivity contribution >= 4 is 15.9 Å². The van der Waals surface area contributed by atoms with Crippen molar-refractivity contribution < 1.29 is 13.2 Å². The lowest BCUT2D eigenvalue weighted by atomic mass is 10.1. The average Bonchev–Trinajstić information content (AvgIpc) is 3.01. The molecule has 0 unspecified atom stereocenters. The third-order valence-corrected chi connectivity index (χ3v) is 5.45. The fraction of sp³-hybridized carbons (Fsp3) is 0.562. The molecule has 0 spiro atoms. The van der Waals surface area contributed by atoms with Crippen LogP contribution in [0.3, 0.4) is 0 Å². The molecule has 128 valence electrons. The van der Waals surface area contributed by atoms with Crippen molar-refractivity contribution in [2.75, 3.05) is 39.5 Å². The summed E-state index contributed by atoms with van der Waals surface area (Å²) in [6.07, 6.45) is 3.44. The Morgan fingerprint density at radius 2 is 1.87 bits per heavy atom. The minimum absolute atomic E-state index is 0.131. The van der Waals surface area contributed by atoms with Crippen LogP contribution < -0.4 is 5.32 Å². The van der Waals surface area contributed by atoms with Gasteiger partial charge in [0.25, 0.3) is 0 Å². The average molecular weight is 339 g/mol. The van der Waals surface area contributed by atoms with Gasteiger partial charge in [-0.15, -0.1) is 0 Å². The molecule has 1 atom stereocenters. The smallest absolute Gasteiger partial charge is 0.235 e. The number of hydrogen-bond acceptors (Lipinski definition) is 4. The standard InChI is InChI=1S/C16H25N3O3S/c1-18(23(2,21)22)13-16(20)17-12-15(19-10-6-7-11-19)14-8-4-3-5-9-14/h3-5,8-9,15H,6-7,10-13H2,1-2H3,(H,17,20)/t15-/m1/s1. The molecule has 0 saturated carbocycles. The van der Waals surface area contributed by atoms with Crippen molar-refractivity contribution in [3.63, 3.8) is 0 Å². The molecule has 0 radical (unpaired) electrons. The van der Waals surface area contributed by atoms with E-state index in [1.54, 1.807) is 0 Å². The number of nitrogens with zero attached hydrogens (tertiary/aromatic N) is 2. The monoisotopic (exact) mass is 339 g/mol. The van der Waals surface area contributed by atoms with E-state index in [1.807, 2.05) is 18.2 Å². The maximum Gasteiger partial charge on any atom is 0.235 e. The molecule has 1 aliphatic rings. The van der Waals surface area contributed by atoms with E-state index in [1.165, 1.54) is 25.5 Å². The number of carbonyl (C=O) groups is 1. The molecule has 1 amide bonds. The van der Waals surface area contributed by atoms with Crippen molar-refractivity contribution in [2.24, 2.45) is 0 Å². The molecule has 0 aliphatic carbocycles. The molecule has 1 fully saturated rings. The van der Waals surface area contributed by atoms with E-state index >= 15 is 0 Å². The van der Waals surface area contributed by atoms with E-state index in [0.717, 1.165) is 23.7 Å². The van der Waals surface area contributed by atoms with Crippen LogP contribution in [0, 0.1) is 0 Å². The van der Waals surface area contributed by atoms with Gasteiger partial charge in [-0.25, -0.2) is 8.42 Å². The van der Waals surface area contributed by atoms with Gasteiger partial charge in [0.1, 0.15) is 0 Å². The molecule has 0 bridgehead atoms. The third kappa shape index (κ3) is 5.30. The normalized spacial score (nSPS) is 17.3. The van der Waals surface area contributed by atoms with E-state index in [-0.39, 0.29) is 18.5 Å². The Kier molecular flexibility index (Phi) is 6.15. The Labute approximate surface area is 138 Å². The largest absolute Gasteiger partial charge is 0.353 e. The zero-order valence-electron chi connectivity index (χ0n) is 13.7. The van der Waals surface area contributed by atoms with Gasteiger partial charge in [-0.05, 0) is 31.5 Å². The highest BCUT2D eigenvalue weighted by Crippen LogP contribution is 2.24. The molecule has 6 nitrogen and oxygen atoms in total. The Hall–Kier alpha value is -1.44. The van der Waals surface area contributed by atoms with Crippen LogP contribution in [0.1, 0.15) is 24.4 Å². The van der Waals surface area contributed by atoms with Gasteiger partial charge >= 0.3 is 0 Å². The summed E-state index contributed by atoms with van der Waals surface area (Å²) in [5.41, 5.74) is 1.17. The lowest BCUT2D eigenvalue weighted by Gasteiger charge is -2.28. The molecular formula is C16H25N3O3S. The van der Waals surface area contributed by atoms with E-state index < -0.39 is 10.0 Å². The predicted octanol–water partition coefficient (Wildman–Crippen LogP) is 0.831. The lowest BCUT2D eigenvalue weighted by Crippen LogP contribution is -2.42. The van der Waals surface area contributed by atoms with Gasteiger partial charge in [0.15, 0.2) is 0 Å². The van der Waals surface area contributed by atoms with Gasteiger partial charge in [0.2, 0.25) is 15.9 Å². The summed E-state index contributed by atoms with van der Waals surface area (Å²) in [4.78, 5) is 14.4. The number of nitrogens with one attached hydrogen (secondary N) is 1. The minimum atomic E-state index is -3.34. The Bertz CT molecular complexity index is 613.